The van der Waals surface area contributed by atoms with Gasteiger partial charge in [0.2, 0.25) is 0 Å². The van der Waals surface area contributed by atoms with Gasteiger partial charge in [0.1, 0.15) is 0 Å². The molecule has 0 heterocycles. The normalized spacial score (nSPS) is 8.25. The molecule has 0 bridgehead atoms. The largest absolute Gasteiger partial charge is 0.114 e. The maximum atomic E-state index is 2.25. The summed E-state index contributed by atoms with van der Waals surface area (Å²) < 4.78 is 0. The van der Waals surface area contributed by atoms with Gasteiger partial charge in [0, 0.05) is 0 Å². The fourth-order valence-electron chi connectivity index (χ4n) is 1.35. The first-order valence-electron chi connectivity index (χ1n) is 6.83. The third-order valence-corrected chi connectivity index (χ3v) is 2.41. The average molecular weight is 362 g/mol. The third kappa shape index (κ3) is 36.3. The Morgan fingerprint density at radius 2 is 0.562 bits per heavy atom. The van der Waals surface area contributed by atoms with Crippen molar-refractivity contribution in [1.82, 2.24) is 0 Å². The van der Waals surface area contributed by atoms with Crippen LogP contribution < -0.4 is 0 Å². The number of halogens is 2. The Balaban J connectivity index is -0.0000000800. The zero-order valence-electron chi connectivity index (χ0n) is 11.9. The highest BCUT2D eigenvalue weighted by Crippen LogP contribution is 2.00. The summed E-state index contributed by atoms with van der Waals surface area (Å²) in [6, 6.07) is 0. The van der Waals surface area contributed by atoms with Crippen molar-refractivity contribution in [3.05, 3.63) is 0 Å². The quantitative estimate of drug-likeness (QED) is 0.404. The summed E-state index contributed by atoms with van der Waals surface area (Å²) in [5, 5.41) is 0. The molecule has 0 N–H and O–H groups in total. The van der Waals surface area contributed by atoms with Gasteiger partial charge < -0.3 is 0 Å². The molecule has 0 spiro atoms. The summed E-state index contributed by atoms with van der Waals surface area (Å²) in [6.45, 7) is 8.98. The molecule has 2 heteroatoms. The van der Waals surface area contributed by atoms with Crippen LogP contribution in [0.2, 0.25) is 0 Å². The van der Waals surface area contributed by atoms with E-state index in [1.54, 1.807) is 0 Å². The van der Waals surface area contributed by atoms with Crippen molar-refractivity contribution in [1.29, 1.82) is 0 Å². The summed E-state index contributed by atoms with van der Waals surface area (Å²) in [5.41, 5.74) is 0. The Kier molecular flexibility index (Phi) is 47.8. The number of hydrogen-bond acceptors (Lipinski definition) is 0. The van der Waals surface area contributed by atoms with Crippen LogP contribution in [0, 0.1) is 0 Å². The van der Waals surface area contributed by atoms with E-state index in [9.17, 15) is 0 Å². The van der Waals surface area contributed by atoms with E-state index in [-0.39, 0.29) is 34.0 Å². The molecule has 0 radical (unpaired) electrons. The van der Waals surface area contributed by atoms with Crippen molar-refractivity contribution in [3.8, 4) is 0 Å². The number of hydrogen-bond donors (Lipinski definition) is 0. The van der Waals surface area contributed by atoms with Crippen molar-refractivity contribution in [2.75, 3.05) is 0 Å². The van der Waals surface area contributed by atoms with Gasteiger partial charge in [0.25, 0.3) is 0 Å². The van der Waals surface area contributed by atoms with Crippen LogP contribution in [0.15, 0.2) is 0 Å². The molecule has 104 valence electrons. The molecular formula is C14H34Br2. The van der Waals surface area contributed by atoms with Gasteiger partial charge in [0.05, 0.1) is 0 Å². The Morgan fingerprint density at radius 3 is 0.688 bits per heavy atom. The van der Waals surface area contributed by atoms with Gasteiger partial charge in [-0.25, -0.2) is 0 Å². The van der Waals surface area contributed by atoms with Crippen LogP contribution in [0.25, 0.3) is 0 Å². The van der Waals surface area contributed by atoms with Gasteiger partial charge in [-0.15, -0.1) is 34.0 Å². The second kappa shape index (κ2) is 29.7. The molecule has 0 saturated heterocycles. The highest BCUT2D eigenvalue weighted by Gasteiger charge is 1.80. The Bertz CT molecular complexity index is 57.1. The first-order chi connectivity index (χ1) is 6.83. The molecule has 0 saturated carbocycles. The van der Waals surface area contributed by atoms with Gasteiger partial charge in [-0.1, -0.05) is 91.9 Å². The SMILES string of the molecule is Br.Br.CCCCCCC.CCCCCCC. The van der Waals surface area contributed by atoms with Gasteiger partial charge >= 0.3 is 0 Å². The molecule has 0 aliphatic rings. The summed E-state index contributed by atoms with van der Waals surface area (Å²) in [5.74, 6) is 0. The van der Waals surface area contributed by atoms with E-state index in [1.165, 1.54) is 64.2 Å². The second-order valence-electron chi connectivity index (χ2n) is 4.12. The van der Waals surface area contributed by atoms with Crippen molar-refractivity contribution in [2.45, 2.75) is 91.9 Å². The lowest BCUT2D eigenvalue weighted by Gasteiger charge is -1.90. The lowest BCUT2D eigenvalue weighted by atomic mass is 10.2. The van der Waals surface area contributed by atoms with Crippen LogP contribution in [-0.4, -0.2) is 0 Å². The maximum Gasteiger partial charge on any atom is -0.0533 e. The molecule has 0 aliphatic carbocycles. The molecule has 0 aromatic heterocycles. The number of unbranched alkanes of at least 4 members (excludes halogenated alkanes) is 8. The van der Waals surface area contributed by atoms with E-state index < -0.39 is 0 Å². The van der Waals surface area contributed by atoms with E-state index in [1.807, 2.05) is 0 Å². The first-order valence-corrected chi connectivity index (χ1v) is 6.83. The minimum Gasteiger partial charge on any atom is -0.114 e. The molecule has 0 aliphatic heterocycles. The Hall–Kier alpha value is 0.960. The zero-order chi connectivity index (χ0) is 11.1. The molecule has 0 aromatic carbocycles. The molecule has 0 amide bonds. The molecule has 16 heavy (non-hydrogen) atoms. The first kappa shape index (κ1) is 25.7. The number of rotatable bonds is 8. The smallest absolute Gasteiger partial charge is 0.0533 e. The van der Waals surface area contributed by atoms with E-state index in [0.717, 1.165) is 0 Å². The van der Waals surface area contributed by atoms with Crippen LogP contribution in [0.5, 0.6) is 0 Å². The maximum absolute atomic E-state index is 2.25. The van der Waals surface area contributed by atoms with Crippen molar-refractivity contribution in [3.63, 3.8) is 0 Å². The highest BCUT2D eigenvalue weighted by atomic mass is 79.9. The average Bonchev–Trinajstić information content (AvgIpc) is 2.21. The van der Waals surface area contributed by atoms with Crippen LogP contribution in [0.3, 0.4) is 0 Å². The predicted octanol–water partition coefficient (Wildman–Crippen LogP) is 7.11. The van der Waals surface area contributed by atoms with Crippen molar-refractivity contribution in [2.24, 2.45) is 0 Å². The minimum absolute atomic E-state index is 0. The molecule has 0 rings (SSSR count). The van der Waals surface area contributed by atoms with E-state index in [2.05, 4.69) is 27.7 Å². The monoisotopic (exact) mass is 360 g/mol. The molecule has 0 atom stereocenters. The minimum atomic E-state index is 0. The van der Waals surface area contributed by atoms with E-state index >= 15 is 0 Å². The van der Waals surface area contributed by atoms with E-state index in [0.29, 0.717) is 0 Å². The fraction of sp³-hybridized carbons (Fsp3) is 1.00. The van der Waals surface area contributed by atoms with Crippen molar-refractivity contribution >= 4 is 34.0 Å². The Labute approximate surface area is 126 Å². The predicted molar refractivity (Wildman–Crippen MR) is 89.5 cm³/mol. The lowest BCUT2D eigenvalue weighted by molar-refractivity contribution is 0.656. The fourth-order valence-corrected chi connectivity index (χ4v) is 1.35. The molecule has 0 fully saturated rings. The van der Waals surface area contributed by atoms with Gasteiger partial charge in [-0.05, 0) is 0 Å². The standard InChI is InChI=1S/2C7H16.2BrH/c2*1-3-5-7-6-4-2;;/h2*3-7H2,1-2H3;2*1H. The van der Waals surface area contributed by atoms with Gasteiger partial charge in [-0.3, -0.25) is 0 Å². The summed E-state index contributed by atoms with van der Waals surface area (Å²) in [6.07, 6.45) is 14.0. The molecule has 0 nitrogen and oxygen atoms in total. The van der Waals surface area contributed by atoms with E-state index in [4.69, 9.17) is 0 Å². The van der Waals surface area contributed by atoms with Crippen LogP contribution >= 0.6 is 34.0 Å². The molecule has 0 unspecified atom stereocenters. The zero-order valence-corrected chi connectivity index (χ0v) is 15.3. The van der Waals surface area contributed by atoms with Crippen LogP contribution in [-0.2, 0) is 0 Å². The summed E-state index contributed by atoms with van der Waals surface area (Å²) in [7, 11) is 0. The van der Waals surface area contributed by atoms with Crippen LogP contribution in [0.4, 0.5) is 0 Å². The van der Waals surface area contributed by atoms with Crippen molar-refractivity contribution < 1.29 is 0 Å². The molecule has 0 aromatic rings. The van der Waals surface area contributed by atoms with Gasteiger partial charge in [0.15, 0.2) is 0 Å². The third-order valence-electron chi connectivity index (χ3n) is 2.41. The Morgan fingerprint density at radius 1 is 0.375 bits per heavy atom. The highest BCUT2D eigenvalue weighted by molar-refractivity contribution is 8.93. The topological polar surface area (TPSA) is 0 Å². The van der Waals surface area contributed by atoms with Crippen LogP contribution in [0.1, 0.15) is 91.9 Å². The molecular weight excluding hydrogens is 328 g/mol. The lowest BCUT2D eigenvalue weighted by Crippen LogP contribution is -1.70. The van der Waals surface area contributed by atoms with Gasteiger partial charge in [-0.2, -0.15) is 0 Å². The summed E-state index contributed by atoms with van der Waals surface area (Å²) in [4.78, 5) is 0. The summed E-state index contributed by atoms with van der Waals surface area (Å²) >= 11 is 0. The second-order valence-corrected chi connectivity index (χ2v) is 4.12.